The van der Waals surface area contributed by atoms with Crippen LogP contribution < -0.4 is 5.32 Å². The molecule has 16 heavy (non-hydrogen) atoms. The summed E-state index contributed by atoms with van der Waals surface area (Å²) in [7, 11) is 0. The van der Waals surface area contributed by atoms with Gasteiger partial charge in [-0.1, -0.05) is 6.92 Å². The molecule has 1 rings (SSSR count). The third-order valence-corrected chi connectivity index (χ3v) is 3.39. The van der Waals surface area contributed by atoms with E-state index in [1.807, 2.05) is 11.8 Å². The summed E-state index contributed by atoms with van der Waals surface area (Å²) in [6, 6.07) is 4.99. The lowest BCUT2D eigenvalue weighted by Crippen LogP contribution is -2.29. The predicted molar refractivity (Wildman–Crippen MR) is 72.1 cm³/mol. The Morgan fingerprint density at radius 2 is 2.12 bits per heavy atom. The van der Waals surface area contributed by atoms with Gasteiger partial charge in [0.1, 0.15) is 11.5 Å². The highest BCUT2D eigenvalue weighted by Gasteiger charge is 2.12. The number of hydrogen-bond donors (Lipinski definition) is 1. The molecule has 0 aliphatic heterocycles. The lowest BCUT2D eigenvalue weighted by molar-refractivity contribution is 0.381. The highest BCUT2D eigenvalue weighted by atomic mass is 32.2. The highest BCUT2D eigenvalue weighted by molar-refractivity contribution is 7.98. The maximum Gasteiger partial charge on any atom is 0.120 e. The fourth-order valence-corrected chi connectivity index (χ4v) is 2.29. The van der Waals surface area contributed by atoms with Crippen LogP contribution in [0.3, 0.4) is 0 Å². The Balaban J connectivity index is 2.41. The van der Waals surface area contributed by atoms with Crippen LogP contribution in [-0.4, -0.2) is 18.1 Å². The topological polar surface area (TPSA) is 25.2 Å². The van der Waals surface area contributed by atoms with Crippen LogP contribution in [0, 0.1) is 0 Å². The molecule has 2 nitrogen and oxygen atoms in total. The second-order valence-electron chi connectivity index (χ2n) is 4.23. The molecule has 0 amide bonds. The van der Waals surface area contributed by atoms with E-state index in [1.165, 1.54) is 12.2 Å². The number of nitrogens with one attached hydrogen (secondary N) is 1. The minimum atomic E-state index is 0.303. The first-order chi connectivity index (χ1) is 7.67. The van der Waals surface area contributed by atoms with Crippen molar-refractivity contribution in [3.63, 3.8) is 0 Å². The molecule has 1 heterocycles. The summed E-state index contributed by atoms with van der Waals surface area (Å²) in [6.07, 6.45) is 4.32. The standard InChI is InChI=1S/C13H23NOS/c1-5-12-6-7-13(15-12)11(3)14-10(2)8-9-16-4/h6-7,10-11,14H,5,8-9H2,1-4H3. The molecule has 0 bridgehead atoms. The van der Waals surface area contributed by atoms with E-state index in [0.29, 0.717) is 12.1 Å². The first-order valence-electron chi connectivity index (χ1n) is 6.01. The van der Waals surface area contributed by atoms with Gasteiger partial charge in [-0.3, -0.25) is 0 Å². The largest absolute Gasteiger partial charge is 0.464 e. The maximum atomic E-state index is 5.73. The summed E-state index contributed by atoms with van der Waals surface area (Å²) in [5.41, 5.74) is 0. The van der Waals surface area contributed by atoms with Crippen LogP contribution in [0.1, 0.15) is 44.8 Å². The highest BCUT2D eigenvalue weighted by Crippen LogP contribution is 2.17. The zero-order valence-corrected chi connectivity index (χ0v) is 11.6. The Kier molecular flexibility index (Phi) is 5.99. The van der Waals surface area contributed by atoms with Gasteiger partial charge in [0.2, 0.25) is 0 Å². The monoisotopic (exact) mass is 241 g/mol. The molecule has 1 N–H and O–H groups in total. The van der Waals surface area contributed by atoms with Gasteiger partial charge in [-0.25, -0.2) is 0 Å². The van der Waals surface area contributed by atoms with E-state index in [9.17, 15) is 0 Å². The first-order valence-corrected chi connectivity index (χ1v) is 7.40. The first kappa shape index (κ1) is 13.7. The molecule has 0 radical (unpaired) electrons. The molecule has 0 fully saturated rings. The van der Waals surface area contributed by atoms with E-state index in [-0.39, 0.29) is 0 Å². The molecule has 0 spiro atoms. The second kappa shape index (κ2) is 7.02. The minimum absolute atomic E-state index is 0.303. The Bertz CT molecular complexity index is 298. The fraction of sp³-hybridized carbons (Fsp3) is 0.692. The van der Waals surface area contributed by atoms with Crippen molar-refractivity contribution >= 4 is 11.8 Å². The van der Waals surface area contributed by atoms with Crippen LogP contribution in [-0.2, 0) is 6.42 Å². The molecule has 0 aliphatic rings. The van der Waals surface area contributed by atoms with E-state index in [0.717, 1.165) is 17.9 Å². The van der Waals surface area contributed by atoms with E-state index >= 15 is 0 Å². The van der Waals surface area contributed by atoms with E-state index < -0.39 is 0 Å². The van der Waals surface area contributed by atoms with Crippen LogP contribution in [0.25, 0.3) is 0 Å². The molecule has 2 atom stereocenters. The van der Waals surface area contributed by atoms with Gasteiger partial charge in [0.05, 0.1) is 6.04 Å². The van der Waals surface area contributed by atoms with Gasteiger partial charge in [0.25, 0.3) is 0 Å². The lowest BCUT2D eigenvalue weighted by Gasteiger charge is -2.18. The van der Waals surface area contributed by atoms with Crippen molar-refractivity contribution in [3.8, 4) is 0 Å². The van der Waals surface area contributed by atoms with Crippen LogP contribution in [0.4, 0.5) is 0 Å². The van der Waals surface area contributed by atoms with Gasteiger partial charge >= 0.3 is 0 Å². The quantitative estimate of drug-likeness (QED) is 0.789. The Hall–Kier alpha value is -0.410. The third-order valence-electron chi connectivity index (χ3n) is 2.75. The Morgan fingerprint density at radius 1 is 1.38 bits per heavy atom. The van der Waals surface area contributed by atoms with Gasteiger partial charge < -0.3 is 9.73 Å². The smallest absolute Gasteiger partial charge is 0.120 e. The van der Waals surface area contributed by atoms with Crippen molar-refractivity contribution in [2.24, 2.45) is 0 Å². The normalized spacial score (nSPS) is 15.0. The summed E-state index contributed by atoms with van der Waals surface area (Å²) in [6.45, 7) is 6.51. The Morgan fingerprint density at radius 3 is 2.69 bits per heavy atom. The predicted octanol–water partition coefficient (Wildman–Crippen LogP) is 3.63. The van der Waals surface area contributed by atoms with Crippen molar-refractivity contribution in [2.45, 2.75) is 45.7 Å². The van der Waals surface area contributed by atoms with Crippen molar-refractivity contribution in [1.82, 2.24) is 5.32 Å². The molecular weight excluding hydrogens is 218 g/mol. The number of thioether (sulfide) groups is 1. The van der Waals surface area contributed by atoms with E-state index in [1.54, 1.807) is 0 Å². The second-order valence-corrected chi connectivity index (χ2v) is 5.21. The molecule has 0 aromatic carbocycles. The zero-order valence-electron chi connectivity index (χ0n) is 10.7. The summed E-state index contributed by atoms with van der Waals surface area (Å²) in [5, 5.41) is 3.56. The van der Waals surface area contributed by atoms with Gasteiger partial charge in [-0.15, -0.1) is 0 Å². The van der Waals surface area contributed by atoms with Crippen molar-refractivity contribution < 1.29 is 4.42 Å². The van der Waals surface area contributed by atoms with Crippen molar-refractivity contribution in [2.75, 3.05) is 12.0 Å². The molecular formula is C13H23NOS. The van der Waals surface area contributed by atoms with Crippen molar-refractivity contribution in [1.29, 1.82) is 0 Å². The maximum absolute atomic E-state index is 5.73. The summed E-state index contributed by atoms with van der Waals surface area (Å²) in [4.78, 5) is 0. The van der Waals surface area contributed by atoms with Gasteiger partial charge in [-0.05, 0) is 44.4 Å². The van der Waals surface area contributed by atoms with Gasteiger partial charge in [0, 0.05) is 12.5 Å². The van der Waals surface area contributed by atoms with Crippen LogP contribution in [0.15, 0.2) is 16.5 Å². The van der Waals surface area contributed by atoms with Crippen LogP contribution >= 0.6 is 11.8 Å². The number of hydrogen-bond acceptors (Lipinski definition) is 3. The van der Waals surface area contributed by atoms with Gasteiger partial charge in [-0.2, -0.15) is 11.8 Å². The van der Waals surface area contributed by atoms with E-state index in [4.69, 9.17) is 4.42 Å². The average molecular weight is 241 g/mol. The average Bonchev–Trinajstić information content (AvgIpc) is 2.74. The zero-order chi connectivity index (χ0) is 12.0. The fourth-order valence-electron chi connectivity index (χ4n) is 1.70. The van der Waals surface area contributed by atoms with Crippen molar-refractivity contribution in [3.05, 3.63) is 23.7 Å². The molecule has 0 aliphatic carbocycles. The Labute approximate surface area is 103 Å². The number of furan rings is 1. The van der Waals surface area contributed by atoms with Gasteiger partial charge in [0.15, 0.2) is 0 Å². The molecule has 0 saturated carbocycles. The summed E-state index contributed by atoms with van der Waals surface area (Å²) in [5.74, 6) is 3.33. The SMILES string of the molecule is CCc1ccc(C(C)NC(C)CCSC)o1. The molecule has 3 heteroatoms. The van der Waals surface area contributed by atoms with E-state index in [2.05, 4.69) is 44.5 Å². The molecule has 1 aromatic rings. The number of rotatable bonds is 7. The molecule has 0 saturated heterocycles. The van der Waals surface area contributed by atoms with Crippen LogP contribution in [0.5, 0.6) is 0 Å². The third kappa shape index (κ3) is 4.22. The molecule has 92 valence electrons. The molecule has 2 unspecified atom stereocenters. The number of aryl methyl sites for hydroxylation is 1. The summed E-state index contributed by atoms with van der Waals surface area (Å²) < 4.78 is 5.73. The molecule has 1 aromatic heterocycles. The summed E-state index contributed by atoms with van der Waals surface area (Å²) >= 11 is 1.90. The van der Waals surface area contributed by atoms with Crippen LogP contribution in [0.2, 0.25) is 0 Å². The minimum Gasteiger partial charge on any atom is -0.464 e. The lowest BCUT2D eigenvalue weighted by atomic mass is 10.2.